The van der Waals surface area contributed by atoms with E-state index in [4.69, 9.17) is 0 Å². The summed E-state index contributed by atoms with van der Waals surface area (Å²) >= 11 is 0. The molecule has 2 atom stereocenters. The summed E-state index contributed by atoms with van der Waals surface area (Å²) in [5.41, 5.74) is 2.76. The van der Waals surface area contributed by atoms with Crippen molar-refractivity contribution in [1.29, 1.82) is 0 Å². The van der Waals surface area contributed by atoms with Crippen molar-refractivity contribution in [3.8, 4) is 0 Å². The first kappa shape index (κ1) is 11.9. The number of hydrogen-bond acceptors (Lipinski definition) is 2. The molecule has 2 unspecified atom stereocenters. The van der Waals surface area contributed by atoms with E-state index in [0.717, 1.165) is 25.8 Å². The van der Waals surface area contributed by atoms with E-state index in [1.54, 1.807) is 0 Å². The van der Waals surface area contributed by atoms with Crippen LogP contribution < -0.4 is 0 Å². The van der Waals surface area contributed by atoms with Crippen LogP contribution in [0, 0.1) is 6.92 Å². The summed E-state index contributed by atoms with van der Waals surface area (Å²) in [6, 6.07) is 9.86. The fourth-order valence-corrected chi connectivity index (χ4v) is 3.55. The topological polar surface area (TPSA) is 20.3 Å². The number of piperidine rings is 1. The number of aryl methyl sites for hydroxylation is 1. The highest BCUT2D eigenvalue weighted by atomic mass is 16.1. The Morgan fingerprint density at radius 3 is 2.61 bits per heavy atom. The predicted molar refractivity (Wildman–Crippen MR) is 72.6 cm³/mol. The van der Waals surface area contributed by atoms with Gasteiger partial charge in [0.05, 0.1) is 0 Å². The highest BCUT2D eigenvalue weighted by Gasteiger charge is 2.39. The lowest BCUT2D eigenvalue weighted by Gasteiger charge is -2.33. The van der Waals surface area contributed by atoms with Gasteiger partial charge in [0.2, 0.25) is 0 Å². The van der Waals surface area contributed by atoms with Crippen LogP contribution >= 0.6 is 0 Å². The van der Waals surface area contributed by atoms with Crippen molar-refractivity contribution in [2.75, 3.05) is 6.54 Å². The van der Waals surface area contributed by atoms with Crippen LogP contribution in [-0.2, 0) is 11.2 Å². The maximum Gasteiger partial charge on any atom is 0.136 e. The van der Waals surface area contributed by atoms with Crippen LogP contribution in [0.15, 0.2) is 24.3 Å². The maximum absolute atomic E-state index is 11.6. The minimum absolute atomic E-state index is 0.481. The molecule has 2 heteroatoms. The van der Waals surface area contributed by atoms with E-state index in [1.165, 1.54) is 24.0 Å². The van der Waals surface area contributed by atoms with Gasteiger partial charge in [-0.1, -0.05) is 29.8 Å². The first-order valence-corrected chi connectivity index (χ1v) is 7.05. The third-order valence-electron chi connectivity index (χ3n) is 4.44. The lowest BCUT2D eigenvalue weighted by molar-refractivity contribution is -0.123. The Morgan fingerprint density at radius 2 is 1.94 bits per heavy atom. The third kappa shape index (κ3) is 2.35. The number of hydrogen-bond donors (Lipinski definition) is 0. The summed E-state index contributed by atoms with van der Waals surface area (Å²) in [7, 11) is 0. The predicted octanol–water partition coefficient (Wildman–Crippen LogP) is 2.73. The van der Waals surface area contributed by atoms with Gasteiger partial charge in [0.25, 0.3) is 0 Å². The fourth-order valence-electron chi connectivity index (χ4n) is 3.55. The molecule has 3 rings (SSSR count). The molecule has 0 aromatic heterocycles. The quantitative estimate of drug-likeness (QED) is 0.813. The molecule has 2 fully saturated rings. The van der Waals surface area contributed by atoms with Crippen LogP contribution in [0.5, 0.6) is 0 Å². The van der Waals surface area contributed by atoms with Crippen molar-refractivity contribution in [2.24, 2.45) is 0 Å². The summed E-state index contributed by atoms with van der Waals surface area (Å²) in [6.07, 6.45) is 5.16. The summed E-state index contributed by atoms with van der Waals surface area (Å²) in [6.45, 7) is 3.26. The average Bonchev–Trinajstić information content (AvgIpc) is 2.57. The van der Waals surface area contributed by atoms with Gasteiger partial charge in [0.15, 0.2) is 0 Å². The molecule has 2 nitrogen and oxygen atoms in total. The molecule has 1 aromatic carbocycles. The lowest BCUT2D eigenvalue weighted by Crippen LogP contribution is -2.44. The van der Waals surface area contributed by atoms with Crippen LogP contribution in [0.4, 0.5) is 0 Å². The monoisotopic (exact) mass is 243 g/mol. The Labute approximate surface area is 109 Å². The molecule has 96 valence electrons. The number of rotatable bonds is 3. The van der Waals surface area contributed by atoms with E-state index in [0.29, 0.717) is 17.9 Å². The van der Waals surface area contributed by atoms with E-state index >= 15 is 0 Å². The minimum atomic E-state index is 0.481. The molecule has 1 aromatic rings. The van der Waals surface area contributed by atoms with Gasteiger partial charge >= 0.3 is 0 Å². The molecule has 18 heavy (non-hydrogen) atoms. The number of carbonyl (C=O) groups excluding carboxylic acids is 1. The Balaban J connectivity index is 1.62. The van der Waals surface area contributed by atoms with Crippen molar-refractivity contribution >= 4 is 5.78 Å². The minimum Gasteiger partial charge on any atom is -0.300 e. The maximum atomic E-state index is 11.6. The van der Waals surface area contributed by atoms with Crippen molar-refractivity contribution in [3.05, 3.63) is 35.4 Å². The molecule has 0 radical (unpaired) electrons. The Hall–Kier alpha value is -1.15. The highest BCUT2D eigenvalue weighted by Crippen LogP contribution is 2.33. The molecule has 0 saturated carbocycles. The smallest absolute Gasteiger partial charge is 0.136 e. The van der Waals surface area contributed by atoms with E-state index in [2.05, 4.69) is 36.1 Å². The van der Waals surface area contributed by atoms with Crippen molar-refractivity contribution < 1.29 is 4.79 Å². The summed E-state index contributed by atoms with van der Waals surface area (Å²) in [5.74, 6) is 0.481. The van der Waals surface area contributed by atoms with Crippen molar-refractivity contribution in [2.45, 2.75) is 51.1 Å². The molecule has 2 saturated heterocycles. The molecule has 0 N–H and O–H groups in total. The summed E-state index contributed by atoms with van der Waals surface area (Å²) in [4.78, 5) is 14.1. The summed E-state index contributed by atoms with van der Waals surface area (Å²) < 4.78 is 0. The Bertz CT molecular complexity index is 438. The van der Waals surface area contributed by atoms with E-state index in [1.807, 2.05) is 0 Å². The summed E-state index contributed by atoms with van der Waals surface area (Å²) in [5, 5.41) is 0. The van der Waals surface area contributed by atoms with E-state index in [9.17, 15) is 4.79 Å². The number of nitrogens with zero attached hydrogens (tertiary/aromatic N) is 1. The first-order chi connectivity index (χ1) is 8.72. The zero-order valence-electron chi connectivity index (χ0n) is 11.1. The highest BCUT2D eigenvalue weighted by molar-refractivity contribution is 5.80. The van der Waals surface area contributed by atoms with Crippen molar-refractivity contribution in [1.82, 2.24) is 4.90 Å². The van der Waals surface area contributed by atoms with Gasteiger partial charge < -0.3 is 0 Å². The van der Waals surface area contributed by atoms with Gasteiger partial charge in [-0.25, -0.2) is 0 Å². The van der Waals surface area contributed by atoms with Gasteiger partial charge in [-0.2, -0.15) is 0 Å². The normalized spacial score (nSPS) is 27.7. The van der Waals surface area contributed by atoms with Gasteiger partial charge in [-0.15, -0.1) is 0 Å². The molecule has 2 heterocycles. The molecular formula is C16H21NO. The second kappa shape index (κ2) is 4.85. The van der Waals surface area contributed by atoms with Crippen LogP contribution in [0.25, 0.3) is 0 Å². The van der Waals surface area contributed by atoms with Gasteiger partial charge in [-0.3, -0.25) is 9.69 Å². The largest absolute Gasteiger partial charge is 0.300 e. The molecule has 0 spiro atoms. The number of fused-ring (bicyclic) bond motifs is 2. The van der Waals surface area contributed by atoms with Gasteiger partial charge in [0, 0.05) is 31.5 Å². The molecule has 2 aliphatic rings. The van der Waals surface area contributed by atoms with Crippen molar-refractivity contribution in [3.63, 3.8) is 0 Å². The number of carbonyl (C=O) groups is 1. The van der Waals surface area contributed by atoms with Gasteiger partial charge in [-0.05, 0) is 31.7 Å². The molecule has 0 aliphatic carbocycles. The number of benzene rings is 1. The number of Topliss-reactive ketones (excluding diaryl/α,β-unsaturated/α-hetero) is 1. The van der Waals surface area contributed by atoms with E-state index in [-0.39, 0.29) is 0 Å². The Kier molecular flexibility index (Phi) is 3.21. The molecule has 2 aliphatic heterocycles. The van der Waals surface area contributed by atoms with Crippen LogP contribution in [0.2, 0.25) is 0 Å². The zero-order valence-corrected chi connectivity index (χ0v) is 11.1. The van der Waals surface area contributed by atoms with Crippen LogP contribution in [0.3, 0.4) is 0 Å². The second-order valence-corrected chi connectivity index (χ2v) is 5.81. The Morgan fingerprint density at radius 1 is 1.22 bits per heavy atom. The zero-order chi connectivity index (χ0) is 12.5. The number of ketones is 1. The fraction of sp³-hybridized carbons (Fsp3) is 0.562. The SMILES string of the molecule is Cc1cccc(CCN2C3CCC2CC(=O)C3)c1. The van der Waals surface area contributed by atoms with Crippen LogP contribution in [-0.4, -0.2) is 29.3 Å². The molecule has 2 bridgehead atoms. The third-order valence-corrected chi connectivity index (χ3v) is 4.44. The first-order valence-electron chi connectivity index (χ1n) is 7.05. The lowest BCUT2D eigenvalue weighted by atomic mass is 10.0. The van der Waals surface area contributed by atoms with Gasteiger partial charge in [0.1, 0.15) is 5.78 Å². The standard InChI is InChI=1S/C16H21NO/c1-12-3-2-4-13(9-12)7-8-17-14-5-6-15(17)11-16(18)10-14/h2-4,9,14-15H,5-8,10-11H2,1H3. The molecule has 0 amide bonds. The van der Waals surface area contributed by atoms with Crippen LogP contribution in [0.1, 0.15) is 36.8 Å². The van der Waals surface area contributed by atoms with E-state index < -0.39 is 0 Å². The molecular weight excluding hydrogens is 222 g/mol. The average molecular weight is 243 g/mol. The second-order valence-electron chi connectivity index (χ2n) is 5.81.